The van der Waals surface area contributed by atoms with E-state index in [1.807, 2.05) is 0 Å². The van der Waals surface area contributed by atoms with Gasteiger partial charge in [0.25, 0.3) is 0 Å². The topological polar surface area (TPSA) is 55.3 Å². The average Bonchev–Trinajstić information content (AvgIpc) is 2.71. The molecule has 1 aliphatic heterocycles. The summed E-state index contributed by atoms with van der Waals surface area (Å²) in [5, 5.41) is 3.71. The smallest absolute Gasteiger partial charge is 0.176 e. The predicted octanol–water partition coefficient (Wildman–Crippen LogP) is 1.41. The number of likely N-dealkylation sites (tertiary alicyclic amines) is 1. The summed E-state index contributed by atoms with van der Waals surface area (Å²) in [5.41, 5.74) is 6.44. The van der Waals surface area contributed by atoms with Crippen LogP contribution in [0.2, 0.25) is 0 Å². The van der Waals surface area contributed by atoms with Crippen LogP contribution in [0.25, 0.3) is 0 Å². The molecule has 2 heterocycles. The summed E-state index contributed by atoms with van der Waals surface area (Å²) >= 11 is 0. The average molecular weight is 181 g/mol. The fraction of sp³-hybridized carbons (Fsp3) is 0.667. The first-order valence-electron chi connectivity index (χ1n) is 4.77. The Hall–Kier alpha value is -1.03. The number of nitrogens with two attached hydrogens (primary N) is 1. The molecule has 72 valence electrons. The molecule has 4 heteroatoms. The van der Waals surface area contributed by atoms with E-state index in [0.717, 1.165) is 25.3 Å². The largest absolute Gasteiger partial charge is 0.394 e. The number of anilines is 1. The molecule has 13 heavy (non-hydrogen) atoms. The lowest BCUT2D eigenvalue weighted by atomic mass is 10.1. The number of hydrogen-bond acceptors (Lipinski definition) is 4. The van der Waals surface area contributed by atoms with Crippen molar-refractivity contribution in [2.45, 2.75) is 25.8 Å². The van der Waals surface area contributed by atoms with Gasteiger partial charge in [-0.05, 0) is 25.9 Å². The Morgan fingerprint density at radius 1 is 1.77 bits per heavy atom. The van der Waals surface area contributed by atoms with Gasteiger partial charge in [-0.3, -0.25) is 4.90 Å². The highest BCUT2D eigenvalue weighted by molar-refractivity contribution is 5.40. The highest BCUT2D eigenvalue weighted by atomic mass is 16.5. The van der Waals surface area contributed by atoms with Gasteiger partial charge in [-0.25, -0.2) is 0 Å². The minimum absolute atomic E-state index is 0.354. The summed E-state index contributed by atoms with van der Waals surface area (Å²) in [7, 11) is 0. The summed E-state index contributed by atoms with van der Waals surface area (Å²) in [5.74, 6) is 0.847. The normalized spacial score (nSPS) is 23.9. The zero-order chi connectivity index (χ0) is 9.26. The van der Waals surface area contributed by atoms with Gasteiger partial charge < -0.3 is 10.3 Å². The summed E-state index contributed by atoms with van der Waals surface area (Å²) in [4.78, 5) is 2.37. The second kappa shape index (κ2) is 3.38. The van der Waals surface area contributed by atoms with Crippen LogP contribution in [-0.2, 0) is 0 Å². The van der Waals surface area contributed by atoms with Crippen molar-refractivity contribution in [2.24, 2.45) is 0 Å². The molecular weight excluding hydrogens is 166 g/mol. The third kappa shape index (κ3) is 1.42. The van der Waals surface area contributed by atoms with E-state index in [9.17, 15) is 0 Å². The highest BCUT2D eigenvalue weighted by Crippen LogP contribution is 2.34. The Morgan fingerprint density at radius 3 is 3.23 bits per heavy atom. The fourth-order valence-corrected chi connectivity index (χ4v) is 2.01. The lowest BCUT2D eigenvalue weighted by molar-refractivity contribution is 0.224. The minimum atomic E-state index is 0.354. The van der Waals surface area contributed by atoms with Gasteiger partial charge in [-0.15, -0.1) is 0 Å². The van der Waals surface area contributed by atoms with Crippen LogP contribution >= 0.6 is 0 Å². The van der Waals surface area contributed by atoms with Crippen LogP contribution in [-0.4, -0.2) is 23.1 Å². The Labute approximate surface area is 77.7 Å². The van der Waals surface area contributed by atoms with Crippen LogP contribution in [0.15, 0.2) is 10.7 Å². The number of rotatable bonds is 2. The first kappa shape index (κ1) is 8.56. The van der Waals surface area contributed by atoms with Gasteiger partial charge in [0.05, 0.1) is 17.9 Å². The molecule has 0 radical (unpaired) electrons. The number of nitrogen functional groups attached to an aromatic ring is 1. The van der Waals surface area contributed by atoms with Gasteiger partial charge in [0.1, 0.15) is 0 Å². The zero-order valence-electron chi connectivity index (χ0n) is 7.86. The van der Waals surface area contributed by atoms with Crippen molar-refractivity contribution in [1.29, 1.82) is 0 Å². The molecule has 1 fully saturated rings. The molecule has 0 aliphatic carbocycles. The van der Waals surface area contributed by atoms with Gasteiger partial charge in [0.2, 0.25) is 0 Å². The van der Waals surface area contributed by atoms with Gasteiger partial charge >= 0.3 is 0 Å². The van der Waals surface area contributed by atoms with E-state index in [0.29, 0.717) is 11.7 Å². The van der Waals surface area contributed by atoms with E-state index >= 15 is 0 Å². The lowest BCUT2D eigenvalue weighted by Gasteiger charge is -2.20. The van der Waals surface area contributed by atoms with Crippen LogP contribution in [0.1, 0.15) is 31.6 Å². The molecule has 2 N–H and O–H groups in total. The van der Waals surface area contributed by atoms with Crippen LogP contribution < -0.4 is 5.73 Å². The quantitative estimate of drug-likeness (QED) is 0.749. The number of nitrogens with zero attached hydrogens (tertiary/aromatic N) is 2. The number of hydrogen-bond donors (Lipinski definition) is 1. The van der Waals surface area contributed by atoms with Crippen LogP contribution in [0.5, 0.6) is 0 Å². The first-order chi connectivity index (χ1) is 6.33. The molecule has 0 bridgehead atoms. The Kier molecular flexibility index (Phi) is 2.22. The van der Waals surface area contributed by atoms with E-state index in [4.69, 9.17) is 10.3 Å². The van der Waals surface area contributed by atoms with E-state index in [1.54, 1.807) is 6.20 Å². The Bertz CT molecular complexity index is 284. The molecule has 1 aliphatic rings. The monoisotopic (exact) mass is 181 g/mol. The van der Waals surface area contributed by atoms with Gasteiger partial charge in [0.15, 0.2) is 5.76 Å². The molecule has 1 atom stereocenters. The van der Waals surface area contributed by atoms with Gasteiger partial charge in [-0.1, -0.05) is 12.1 Å². The molecule has 0 saturated carbocycles. The molecule has 2 rings (SSSR count). The maximum atomic E-state index is 5.75. The second-order valence-electron chi connectivity index (χ2n) is 3.43. The van der Waals surface area contributed by atoms with Crippen molar-refractivity contribution in [2.75, 3.05) is 18.8 Å². The van der Waals surface area contributed by atoms with Crippen molar-refractivity contribution < 1.29 is 4.52 Å². The van der Waals surface area contributed by atoms with Crippen molar-refractivity contribution in [3.8, 4) is 0 Å². The molecular formula is C9H15N3O. The molecule has 1 unspecified atom stereocenters. The minimum Gasteiger partial charge on any atom is -0.394 e. The summed E-state index contributed by atoms with van der Waals surface area (Å²) in [6.07, 6.45) is 3.94. The predicted molar refractivity (Wildman–Crippen MR) is 50.1 cm³/mol. The fourth-order valence-electron chi connectivity index (χ4n) is 2.01. The van der Waals surface area contributed by atoms with E-state index < -0.39 is 0 Å². The third-order valence-electron chi connectivity index (χ3n) is 2.70. The molecule has 0 aromatic carbocycles. The maximum Gasteiger partial charge on any atom is 0.176 e. The first-order valence-corrected chi connectivity index (χ1v) is 4.77. The van der Waals surface area contributed by atoms with Gasteiger partial charge in [-0.2, -0.15) is 0 Å². The summed E-state index contributed by atoms with van der Waals surface area (Å²) in [6.45, 7) is 4.34. The van der Waals surface area contributed by atoms with E-state index in [1.165, 1.54) is 6.42 Å². The zero-order valence-corrected chi connectivity index (χ0v) is 7.86. The van der Waals surface area contributed by atoms with Crippen molar-refractivity contribution in [3.63, 3.8) is 0 Å². The molecule has 0 spiro atoms. The molecule has 4 nitrogen and oxygen atoms in total. The van der Waals surface area contributed by atoms with Crippen LogP contribution in [0, 0.1) is 0 Å². The van der Waals surface area contributed by atoms with Crippen molar-refractivity contribution in [1.82, 2.24) is 10.1 Å². The Morgan fingerprint density at radius 2 is 2.62 bits per heavy atom. The van der Waals surface area contributed by atoms with Crippen LogP contribution in [0.3, 0.4) is 0 Å². The Balaban J connectivity index is 2.20. The molecule has 0 amide bonds. The van der Waals surface area contributed by atoms with E-state index in [-0.39, 0.29) is 0 Å². The SMILES string of the molecule is CCN1CCCC1c1oncc1N. The lowest BCUT2D eigenvalue weighted by Crippen LogP contribution is -2.22. The summed E-state index contributed by atoms with van der Waals surface area (Å²) < 4.78 is 5.16. The summed E-state index contributed by atoms with van der Waals surface area (Å²) in [6, 6.07) is 0.354. The highest BCUT2D eigenvalue weighted by Gasteiger charge is 2.29. The number of aromatic nitrogens is 1. The van der Waals surface area contributed by atoms with E-state index in [2.05, 4.69) is 17.0 Å². The second-order valence-corrected chi connectivity index (χ2v) is 3.43. The molecule has 1 aromatic rings. The van der Waals surface area contributed by atoms with Crippen molar-refractivity contribution in [3.05, 3.63) is 12.0 Å². The standard InChI is InChI=1S/C9H15N3O/c1-2-12-5-3-4-8(12)9-7(10)6-11-13-9/h6,8H,2-5,10H2,1H3. The maximum absolute atomic E-state index is 5.75. The van der Waals surface area contributed by atoms with Crippen LogP contribution in [0.4, 0.5) is 5.69 Å². The van der Waals surface area contributed by atoms with Gasteiger partial charge in [0, 0.05) is 0 Å². The molecule has 1 aromatic heterocycles. The third-order valence-corrected chi connectivity index (χ3v) is 2.70. The molecule has 1 saturated heterocycles. The van der Waals surface area contributed by atoms with Crippen molar-refractivity contribution >= 4 is 5.69 Å².